The van der Waals surface area contributed by atoms with E-state index in [0.29, 0.717) is 22.8 Å². The first-order valence-corrected chi connectivity index (χ1v) is 12.8. The average Bonchev–Trinajstić information content (AvgIpc) is 2.96. The van der Waals surface area contributed by atoms with Crippen molar-refractivity contribution in [3.8, 4) is 11.5 Å². The van der Waals surface area contributed by atoms with Gasteiger partial charge < -0.3 is 14.8 Å². The van der Waals surface area contributed by atoms with Gasteiger partial charge >= 0.3 is 0 Å². The second kappa shape index (κ2) is 14.2. The van der Waals surface area contributed by atoms with Gasteiger partial charge in [0.2, 0.25) is 0 Å². The lowest BCUT2D eigenvalue weighted by Gasteiger charge is -2.17. The van der Waals surface area contributed by atoms with Crippen LogP contribution in [0.2, 0.25) is 0 Å². The van der Waals surface area contributed by atoms with Gasteiger partial charge in [-0.2, -0.15) is 16.9 Å². The summed E-state index contributed by atoms with van der Waals surface area (Å²) in [5.41, 5.74) is 2.33. The average molecular weight is 568 g/mol. The zero-order valence-corrected chi connectivity index (χ0v) is 22.3. The van der Waals surface area contributed by atoms with Gasteiger partial charge in [-0.1, -0.05) is 30.3 Å². The third kappa shape index (κ3) is 8.26. The van der Waals surface area contributed by atoms with Crippen molar-refractivity contribution in [2.24, 2.45) is 5.10 Å². The molecule has 40 heavy (non-hydrogen) atoms. The number of methoxy groups -OCH3 is 2. The van der Waals surface area contributed by atoms with Gasteiger partial charge in [0.25, 0.3) is 23.2 Å². The molecule has 3 aromatic rings. The number of nitrogens with one attached hydrogen (secondary N) is 2. The largest absolute Gasteiger partial charge is 0.497 e. The Bertz CT molecular complexity index is 1390. The molecule has 3 aromatic carbocycles. The Labute approximate surface area is 232 Å². The van der Waals surface area contributed by atoms with Crippen LogP contribution in [-0.2, 0) is 10.5 Å². The smallest absolute Gasteiger partial charge is 0.277 e. The fourth-order valence-corrected chi connectivity index (χ4v) is 4.42. The van der Waals surface area contributed by atoms with E-state index in [-0.39, 0.29) is 11.3 Å². The molecule has 208 valence electrons. The van der Waals surface area contributed by atoms with Crippen molar-refractivity contribution in [3.63, 3.8) is 0 Å². The summed E-state index contributed by atoms with van der Waals surface area (Å²) in [7, 11) is 2.98. The number of hydrogen-bond acceptors (Lipinski definition) is 10. The maximum atomic E-state index is 13.0. The van der Waals surface area contributed by atoms with Gasteiger partial charge in [0.15, 0.2) is 0 Å². The van der Waals surface area contributed by atoms with E-state index in [2.05, 4.69) is 15.8 Å². The zero-order valence-electron chi connectivity index (χ0n) is 21.4. The van der Waals surface area contributed by atoms with E-state index in [9.17, 15) is 29.8 Å². The van der Waals surface area contributed by atoms with Crippen LogP contribution in [0.25, 0.3) is 0 Å². The lowest BCUT2D eigenvalue weighted by Crippen LogP contribution is -2.47. The van der Waals surface area contributed by atoms with Crippen LogP contribution in [0.5, 0.6) is 11.5 Å². The molecule has 2 amide bonds. The molecule has 0 aromatic heterocycles. The van der Waals surface area contributed by atoms with E-state index in [4.69, 9.17) is 9.47 Å². The van der Waals surface area contributed by atoms with Gasteiger partial charge in [-0.15, -0.1) is 0 Å². The van der Waals surface area contributed by atoms with Crippen molar-refractivity contribution in [2.75, 3.05) is 20.0 Å². The molecule has 0 heterocycles. The second-order valence-electron chi connectivity index (χ2n) is 8.12. The number of carbonyl (C=O) groups excluding carboxylic acids is 2. The van der Waals surface area contributed by atoms with Gasteiger partial charge in [0.1, 0.15) is 17.5 Å². The van der Waals surface area contributed by atoms with Crippen molar-refractivity contribution in [1.82, 2.24) is 10.7 Å². The monoisotopic (exact) mass is 567 g/mol. The number of rotatable bonds is 13. The maximum Gasteiger partial charge on any atom is 0.277 e. The first-order valence-electron chi connectivity index (χ1n) is 11.6. The molecule has 0 radical (unpaired) electrons. The number of nitrogens with zero attached hydrogens (tertiary/aromatic N) is 3. The number of hydrogen-bond donors (Lipinski definition) is 2. The lowest BCUT2D eigenvalue weighted by atomic mass is 10.1. The fraction of sp³-hybridized carbons (Fsp3) is 0.192. The standard InChI is InChI=1S/C26H25N5O8S/c1-38-22-9-8-18(24(13-22)39-2)14-27-29-26(33)23(16-40-15-17-6-4-3-5-7-17)28-25(32)19-10-20(30(34)35)12-21(11-19)31(36)37/h3-14,23H,15-16H2,1-2H3,(H,28,32)(H,29,33)/b27-14-/t23-/m1/s1. The quantitative estimate of drug-likeness (QED) is 0.177. The summed E-state index contributed by atoms with van der Waals surface area (Å²) in [5.74, 6) is 0.108. The first-order chi connectivity index (χ1) is 19.2. The third-order valence-electron chi connectivity index (χ3n) is 5.42. The highest BCUT2D eigenvalue weighted by molar-refractivity contribution is 7.98. The van der Waals surface area contributed by atoms with Crippen LogP contribution in [0, 0.1) is 20.2 Å². The predicted octanol–water partition coefficient (Wildman–Crippen LogP) is 3.70. The van der Waals surface area contributed by atoms with Crippen molar-refractivity contribution in [3.05, 3.63) is 104 Å². The van der Waals surface area contributed by atoms with E-state index in [0.717, 1.165) is 23.8 Å². The van der Waals surface area contributed by atoms with Crippen LogP contribution in [0.15, 0.2) is 71.8 Å². The van der Waals surface area contributed by atoms with E-state index in [1.165, 1.54) is 32.2 Å². The van der Waals surface area contributed by atoms with Crippen molar-refractivity contribution >= 4 is 41.2 Å². The second-order valence-corrected chi connectivity index (χ2v) is 9.15. The normalized spacial score (nSPS) is 11.4. The van der Waals surface area contributed by atoms with E-state index >= 15 is 0 Å². The van der Waals surface area contributed by atoms with E-state index in [1.807, 2.05) is 30.3 Å². The Morgan fingerprint density at radius 3 is 2.25 bits per heavy atom. The Morgan fingerprint density at radius 1 is 0.975 bits per heavy atom. The molecule has 0 aliphatic carbocycles. The predicted molar refractivity (Wildman–Crippen MR) is 149 cm³/mol. The molecule has 2 N–H and O–H groups in total. The molecule has 0 spiro atoms. The van der Waals surface area contributed by atoms with Crippen LogP contribution in [0.3, 0.4) is 0 Å². The minimum Gasteiger partial charge on any atom is -0.497 e. The summed E-state index contributed by atoms with van der Waals surface area (Å²) >= 11 is 1.36. The number of carbonyl (C=O) groups is 2. The summed E-state index contributed by atoms with van der Waals surface area (Å²) in [6.07, 6.45) is 1.36. The zero-order chi connectivity index (χ0) is 29.1. The highest BCUT2D eigenvalue weighted by atomic mass is 32.2. The summed E-state index contributed by atoms with van der Waals surface area (Å²) in [5, 5.41) is 28.9. The summed E-state index contributed by atoms with van der Waals surface area (Å²) < 4.78 is 10.5. The molecule has 14 heteroatoms. The van der Waals surface area contributed by atoms with Crippen LogP contribution in [-0.4, -0.2) is 53.9 Å². The van der Waals surface area contributed by atoms with Gasteiger partial charge in [-0.3, -0.25) is 29.8 Å². The van der Waals surface area contributed by atoms with Gasteiger partial charge in [-0.05, 0) is 17.7 Å². The Kier molecular flexibility index (Phi) is 10.5. The molecule has 0 fully saturated rings. The molecular formula is C26H25N5O8S. The van der Waals surface area contributed by atoms with Crippen LogP contribution in [0.4, 0.5) is 11.4 Å². The Balaban J connectivity index is 1.78. The number of amides is 2. The van der Waals surface area contributed by atoms with Crippen molar-refractivity contribution in [2.45, 2.75) is 11.8 Å². The molecule has 0 saturated carbocycles. The number of thioether (sulfide) groups is 1. The highest BCUT2D eigenvalue weighted by Crippen LogP contribution is 2.24. The highest BCUT2D eigenvalue weighted by Gasteiger charge is 2.25. The maximum absolute atomic E-state index is 13.0. The number of benzene rings is 3. The van der Waals surface area contributed by atoms with Gasteiger partial charge in [0, 0.05) is 35.3 Å². The van der Waals surface area contributed by atoms with Crippen molar-refractivity contribution in [1.29, 1.82) is 0 Å². The molecule has 0 saturated heterocycles. The Morgan fingerprint density at radius 2 is 1.65 bits per heavy atom. The molecule has 0 bridgehead atoms. The molecule has 0 aliphatic heterocycles. The molecule has 3 rings (SSSR count). The summed E-state index contributed by atoms with van der Waals surface area (Å²) in [4.78, 5) is 46.8. The third-order valence-corrected chi connectivity index (χ3v) is 6.53. The lowest BCUT2D eigenvalue weighted by molar-refractivity contribution is -0.394. The molecule has 1 atom stereocenters. The summed E-state index contributed by atoms with van der Waals surface area (Å²) in [6.45, 7) is 0. The minimum absolute atomic E-state index is 0.116. The Hall–Kier alpha value is -4.98. The SMILES string of the molecule is COc1ccc(/C=N\NC(=O)[C@@H](CSCc2ccccc2)NC(=O)c2cc([N+](=O)[O-])cc([N+](=O)[O-])c2)c(OC)c1. The molecule has 13 nitrogen and oxygen atoms in total. The number of nitro groups is 2. The van der Waals surface area contributed by atoms with E-state index < -0.39 is 39.1 Å². The topological polar surface area (TPSA) is 175 Å². The summed E-state index contributed by atoms with van der Waals surface area (Å²) in [6, 6.07) is 15.9. The fourth-order valence-electron chi connectivity index (χ4n) is 3.40. The van der Waals surface area contributed by atoms with Crippen LogP contribution in [0.1, 0.15) is 21.5 Å². The molecule has 0 unspecified atom stereocenters. The van der Waals surface area contributed by atoms with E-state index in [1.54, 1.807) is 18.2 Å². The molecular weight excluding hydrogens is 542 g/mol. The van der Waals surface area contributed by atoms with Crippen LogP contribution >= 0.6 is 11.8 Å². The number of nitro benzene ring substituents is 2. The number of non-ortho nitro benzene ring substituents is 2. The number of hydrazone groups is 1. The van der Waals surface area contributed by atoms with Gasteiger partial charge in [-0.25, -0.2) is 5.43 Å². The minimum atomic E-state index is -1.13. The van der Waals surface area contributed by atoms with Crippen LogP contribution < -0.4 is 20.2 Å². The van der Waals surface area contributed by atoms with Crippen molar-refractivity contribution < 1.29 is 28.9 Å². The van der Waals surface area contributed by atoms with Gasteiger partial charge in [0.05, 0.1) is 41.9 Å². The first kappa shape index (κ1) is 29.6. The number of ether oxygens (including phenoxy) is 2. The molecule has 0 aliphatic rings.